The Balaban J connectivity index is 2.59. The number of methoxy groups -OCH3 is 1. The van der Waals surface area contributed by atoms with E-state index in [0.29, 0.717) is 16.8 Å². The first-order valence-electron chi connectivity index (χ1n) is 11.1. The Hall–Kier alpha value is -2.61. The first-order chi connectivity index (χ1) is 15.6. The Kier molecular flexibility index (Phi) is 9.70. The zero-order valence-corrected chi connectivity index (χ0v) is 19.9. The number of aliphatic hydroxyl groups is 3. The zero-order valence-electron chi connectivity index (χ0n) is 19.9. The summed E-state index contributed by atoms with van der Waals surface area (Å²) in [5.41, 5.74) is 4.46. The van der Waals surface area contributed by atoms with Crippen LogP contribution < -0.4 is 0 Å². The van der Waals surface area contributed by atoms with Gasteiger partial charge in [-0.2, -0.15) is 0 Å². The van der Waals surface area contributed by atoms with Gasteiger partial charge in [0.25, 0.3) is 0 Å². The average molecular weight is 460 g/mol. The van der Waals surface area contributed by atoms with Crippen LogP contribution in [0.5, 0.6) is 0 Å². The van der Waals surface area contributed by atoms with Crippen molar-refractivity contribution in [3.05, 3.63) is 58.5 Å². The number of aromatic nitrogens is 1. The number of aliphatic hydroxyl groups excluding tert-OH is 3. The summed E-state index contributed by atoms with van der Waals surface area (Å²) in [4.78, 5) is 16.2. The molecule has 1 aromatic carbocycles. The summed E-state index contributed by atoms with van der Waals surface area (Å²) < 4.78 is 18.1. The van der Waals surface area contributed by atoms with Crippen LogP contribution in [0.15, 0.2) is 30.3 Å². The molecule has 33 heavy (non-hydrogen) atoms. The Bertz CT molecular complexity index is 970. The maximum Gasteiger partial charge on any atom is 0.308 e. The number of rotatable bonds is 10. The second-order valence-electron chi connectivity index (χ2n) is 8.72. The standard InChI is InChI=1S/C26H34FNO5/c1-15(2)24-21(11-10-19(30)12-20(31)13-23(32)33-5)26(17-6-8-18(27)9-7-17)28-25(16(3)4)22(24)14-29/h6-11,15-16,19-20,29-31H,12-14H2,1-5H3. The fraction of sp³-hybridized carbons (Fsp3) is 0.462. The van der Waals surface area contributed by atoms with Crippen LogP contribution in [0.25, 0.3) is 17.3 Å². The van der Waals surface area contributed by atoms with E-state index in [1.807, 2.05) is 27.7 Å². The van der Waals surface area contributed by atoms with Crippen molar-refractivity contribution in [2.45, 2.75) is 71.2 Å². The van der Waals surface area contributed by atoms with Gasteiger partial charge in [-0.1, -0.05) is 39.8 Å². The molecule has 180 valence electrons. The monoisotopic (exact) mass is 459 g/mol. The fourth-order valence-electron chi connectivity index (χ4n) is 3.90. The molecule has 3 N–H and O–H groups in total. The van der Waals surface area contributed by atoms with Crippen molar-refractivity contribution in [3.8, 4) is 11.3 Å². The molecular weight excluding hydrogens is 425 g/mol. The maximum absolute atomic E-state index is 13.6. The van der Waals surface area contributed by atoms with Crippen molar-refractivity contribution in [1.82, 2.24) is 4.98 Å². The highest BCUT2D eigenvalue weighted by Gasteiger charge is 2.23. The highest BCUT2D eigenvalue weighted by molar-refractivity contribution is 5.76. The minimum absolute atomic E-state index is 0.0357. The molecule has 2 unspecified atom stereocenters. The summed E-state index contributed by atoms with van der Waals surface area (Å²) in [5, 5.41) is 30.7. The van der Waals surface area contributed by atoms with Gasteiger partial charge in [0.05, 0.1) is 38.0 Å². The number of esters is 1. The van der Waals surface area contributed by atoms with Crippen LogP contribution in [0.3, 0.4) is 0 Å². The number of hydrogen-bond acceptors (Lipinski definition) is 6. The highest BCUT2D eigenvalue weighted by Crippen LogP contribution is 2.36. The van der Waals surface area contributed by atoms with Crippen molar-refractivity contribution < 1.29 is 29.2 Å². The van der Waals surface area contributed by atoms with Gasteiger partial charge >= 0.3 is 5.97 Å². The van der Waals surface area contributed by atoms with Crippen molar-refractivity contribution in [3.63, 3.8) is 0 Å². The summed E-state index contributed by atoms with van der Waals surface area (Å²) in [6, 6.07) is 6.04. The second-order valence-corrected chi connectivity index (χ2v) is 8.72. The molecule has 1 aromatic heterocycles. The molecule has 2 atom stereocenters. The zero-order chi connectivity index (χ0) is 24.7. The molecule has 0 aliphatic carbocycles. The summed E-state index contributed by atoms with van der Waals surface area (Å²) in [7, 11) is 1.24. The van der Waals surface area contributed by atoms with Crippen molar-refractivity contribution in [2.75, 3.05) is 7.11 Å². The molecule has 0 saturated heterocycles. The number of carbonyl (C=O) groups excluding carboxylic acids is 1. The van der Waals surface area contributed by atoms with Crippen molar-refractivity contribution in [2.24, 2.45) is 0 Å². The molecule has 0 saturated carbocycles. The van der Waals surface area contributed by atoms with Crippen LogP contribution in [-0.4, -0.2) is 45.6 Å². The van der Waals surface area contributed by atoms with Gasteiger partial charge in [-0.05, 0) is 41.7 Å². The molecule has 2 rings (SSSR count). The lowest BCUT2D eigenvalue weighted by Crippen LogP contribution is -2.20. The van der Waals surface area contributed by atoms with E-state index in [0.717, 1.165) is 16.8 Å². The summed E-state index contributed by atoms with van der Waals surface area (Å²) in [5.74, 6) is -0.819. The summed E-state index contributed by atoms with van der Waals surface area (Å²) in [6.45, 7) is 7.85. The molecule has 7 heteroatoms. The van der Waals surface area contributed by atoms with Crippen LogP contribution >= 0.6 is 0 Å². The predicted octanol–water partition coefficient (Wildman–Crippen LogP) is 4.32. The van der Waals surface area contributed by atoms with E-state index in [2.05, 4.69) is 4.74 Å². The third-order valence-electron chi connectivity index (χ3n) is 5.44. The van der Waals surface area contributed by atoms with Gasteiger partial charge in [0.2, 0.25) is 0 Å². The number of hydrogen-bond donors (Lipinski definition) is 3. The van der Waals surface area contributed by atoms with E-state index in [1.165, 1.54) is 25.3 Å². The lowest BCUT2D eigenvalue weighted by molar-refractivity contribution is -0.143. The smallest absolute Gasteiger partial charge is 0.308 e. The number of halogens is 1. The molecule has 0 amide bonds. The van der Waals surface area contributed by atoms with Crippen LogP contribution in [-0.2, 0) is 16.1 Å². The van der Waals surface area contributed by atoms with E-state index in [1.54, 1.807) is 18.2 Å². The molecule has 0 aliphatic rings. The lowest BCUT2D eigenvalue weighted by atomic mass is 9.86. The number of benzene rings is 1. The minimum Gasteiger partial charge on any atom is -0.469 e. The Morgan fingerprint density at radius 2 is 1.76 bits per heavy atom. The lowest BCUT2D eigenvalue weighted by Gasteiger charge is -2.23. The first kappa shape index (κ1) is 26.6. The Morgan fingerprint density at radius 1 is 1.12 bits per heavy atom. The normalized spacial score (nSPS) is 13.7. The molecule has 0 bridgehead atoms. The Labute approximate surface area is 194 Å². The van der Waals surface area contributed by atoms with E-state index in [4.69, 9.17) is 4.98 Å². The van der Waals surface area contributed by atoms with E-state index < -0.39 is 18.2 Å². The summed E-state index contributed by atoms with van der Waals surface area (Å²) in [6.07, 6.45) is 0.935. The molecular formula is C26H34FNO5. The van der Waals surface area contributed by atoms with Gasteiger partial charge in [-0.3, -0.25) is 9.78 Å². The maximum atomic E-state index is 13.6. The highest BCUT2D eigenvalue weighted by atomic mass is 19.1. The quantitative estimate of drug-likeness (QED) is 0.458. The van der Waals surface area contributed by atoms with Crippen molar-refractivity contribution in [1.29, 1.82) is 0 Å². The summed E-state index contributed by atoms with van der Waals surface area (Å²) >= 11 is 0. The molecule has 1 heterocycles. The third-order valence-corrected chi connectivity index (χ3v) is 5.44. The molecule has 0 radical (unpaired) electrons. The van der Waals surface area contributed by atoms with E-state index in [9.17, 15) is 24.5 Å². The molecule has 2 aromatic rings. The fourth-order valence-corrected chi connectivity index (χ4v) is 3.90. The number of pyridine rings is 1. The largest absolute Gasteiger partial charge is 0.469 e. The van der Waals surface area contributed by atoms with E-state index >= 15 is 0 Å². The average Bonchev–Trinajstić information content (AvgIpc) is 2.76. The molecule has 0 aliphatic heterocycles. The van der Waals surface area contributed by atoms with E-state index in [-0.39, 0.29) is 37.1 Å². The minimum atomic E-state index is -1.05. The number of carbonyl (C=O) groups is 1. The van der Waals surface area contributed by atoms with Crippen molar-refractivity contribution >= 4 is 12.0 Å². The SMILES string of the molecule is COC(=O)CC(O)CC(O)C=Cc1c(-c2ccc(F)cc2)nc(C(C)C)c(CO)c1C(C)C. The van der Waals surface area contributed by atoms with Crippen LogP contribution in [0.2, 0.25) is 0 Å². The van der Waals surface area contributed by atoms with Crippen LogP contribution in [0.4, 0.5) is 4.39 Å². The number of nitrogens with zero attached hydrogens (tertiary/aromatic N) is 1. The Morgan fingerprint density at radius 3 is 2.27 bits per heavy atom. The predicted molar refractivity (Wildman–Crippen MR) is 126 cm³/mol. The van der Waals surface area contributed by atoms with Crippen LogP contribution in [0.1, 0.15) is 74.8 Å². The molecule has 0 spiro atoms. The van der Waals surface area contributed by atoms with Gasteiger partial charge in [0.1, 0.15) is 5.82 Å². The topological polar surface area (TPSA) is 99.9 Å². The second kappa shape index (κ2) is 12.0. The molecule has 6 nitrogen and oxygen atoms in total. The number of ether oxygens (including phenoxy) is 1. The van der Waals surface area contributed by atoms with Crippen LogP contribution in [0, 0.1) is 5.82 Å². The van der Waals surface area contributed by atoms with Gasteiger partial charge in [0.15, 0.2) is 0 Å². The van der Waals surface area contributed by atoms with Gasteiger partial charge in [0, 0.05) is 28.8 Å². The third kappa shape index (κ3) is 6.93. The van der Waals surface area contributed by atoms with Gasteiger partial charge in [-0.15, -0.1) is 0 Å². The molecule has 0 fully saturated rings. The first-order valence-corrected chi connectivity index (χ1v) is 11.1. The van der Waals surface area contributed by atoms with Gasteiger partial charge < -0.3 is 20.1 Å². The van der Waals surface area contributed by atoms with Gasteiger partial charge in [-0.25, -0.2) is 4.39 Å².